The Morgan fingerprint density at radius 1 is 1.00 bits per heavy atom. The van der Waals surface area contributed by atoms with Crippen molar-refractivity contribution in [3.63, 3.8) is 0 Å². The molecule has 0 aliphatic carbocycles. The van der Waals surface area contributed by atoms with E-state index < -0.39 is 0 Å². The third-order valence-electron chi connectivity index (χ3n) is 2.58. The lowest BCUT2D eigenvalue weighted by atomic mass is 10.2. The SMILES string of the molecule is CCCCCCNCCOC(C)CCC. The normalized spacial score (nSPS) is 13.0. The lowest BCUT2D eigenvalue weighted by Gasteiger charge is -2.12. The van der Waals surface area contributed by atoms with Gasteiger partial charge in [-0.2, -0.15) is 0 Å². The van der Waals surface area contributed by atoms with Crippen LogP contribution < -0.4 is 5.32 Å². The third kappa shape index (κ3) is 11.8. The molecule has 0 spiro atoms. The Bertz CT molecular complexity index is 117. The quantitative estimate of drug-likeness (QED) is 0.534. The first kappa shape index (κ1) is 14.9. The standard InChI is InChI=1S/C13H29NO/c1-4-6-7-8-10-14-11-12-15-13(3)9-5-2/h13-14H,4-12H2,1-3H3. The number of ether oxygens (including phenoxy) is 1. The molecule has 0 aliphatic rings. The summed E-state index contributed by atoms with van der Waals surface area (Å²) < 4.78 is 5.65. The molecule has 0 heterocycles. The zero-order valence-electron chi connectivity index (χ0n) is 10.8. The highest BCUT2D eigenvalue weighted by molar-refractivity contribution is 4.51. The van der Waals surface area contributed by atoms with Crippen LogP contribution in [0.4, 0.5) is 0 Å². The van der Waals surface area contributed by atoms with E-state index in [-0.39, 0.29) is 0 Å². The van der Waals surface area contributed by atoms with Crippen molar-refractivity contribution in [3.8, 4) is 0 Å². The summed E-state index contributed by atoms with van der Waals surface area (Å²) in [7, 11) is 0. The summed E-state index contributed by atoms with van der Waals surface area (Å²) in [5.74, 6) is 0. The number of nitrogens with one attached hydrogen (secondary N) is 1. The van der Waals surface area contributed by atoms with Gasteiger partial charge in [-0.1, -0.05) is 39.5 Å². The van der Waals surface area contributed by atoms with Gasteiger partial charge in [0, 0.05) is 6.54 Å². The van der Waals surface area contributed by atoms with E-state index in [0.717, 1.165) is 19.7 Å². The molecule has 0 saturated carbocycles. The first-order valence-corrected chi connectivity index (χ1v) is 6.63. The highest BCUT2D eigenvalue weighted by Crippen LogP contribution is 1.99. The van der Waals surface area contributed by atoms with Gasteiger partial charge in [0.05, 0.1) is 12.7 Å². The molecule has 0 saturated heterocycles. The minimum atomic E-state index is 0.428. The summed E-state index contributed by atoms with van der Waals surface area (Å²) in [6, 6.07) is 0. The van der Waals surface area contributed by atoms with Crippen LogP contribution in [0, 0.1) is 0 Å². The van der Waals surface area contributed by atoms with Gasteiger partial charge in [0.25, 0.3) is 0 Å². The van der Waals surface area contributed by atoms with Gasteiger partial charge in [-0.25, -0.2) is 0 Å². The molecule has 2 heteroatoms. The summed E-state index contributed by atoms with van der Waals surface area (Å²) in [6.07, 6.45) is 8.16. The largest absolute Gasteiger partial charge is 0.377 e. The van der Waals surface area contributed by atoms with Crippen LogP contribution in [-0.2, 0) is 4.74 Å². The van der Waals surface area contributed by atoms with E-state index in [2.05, 4.69) is 26.1 Å². The van der Waals surface area contributed by atoms with E-state index in [1.54, 1.807) is 0 Å². The molecule has 1 atom stereocenters. The number of rotatable bonds is 11. The molecule has 0 bridgehead atoms. The Labute approximate surface area is 95.8 Å². The molecule has 0 fully saturated rings. The van der Waals surface area contributed by atoms with Crippen molar-refractivity contribution in [1.82, 2.24) is 5.32 Å². The van der Waals surface area contributed by atoms with Crippen LogP contribution in [-0.4, -0.2) is 25.8 Å². The zero-order valence-corrected chi connectivity index (χ0v) is 10.8. The Morgan fingerprint density at radius 2 is 1.80 bits per heavy atom. The van der Waals surface area contributed by atoms with Crippen LogP contribution in [0.25, 0.3) is 0 Å². The molecule has 1 unspecified atom stereocenters. The van der Waals surface area contributed by atoms with Gasteiger partial charge in [-0.15, -0.1) is 0 Å². The van der Waals surface area contributed by atoms with E-state index in [1.807, 2.05) is 0 Å². The molecule has 0 aromatic rings. The molecular weight excluding hydrogens is 186 g/mol. The molecule has 0 radical (unpaired) electrons. The number of hydrogen-bond donors (Lipinski definition) is 1. The van der Waals surface area contributed by atoms with Crippen LogP contribution in [0.3, 0.4) is 0 Å². The molecule has 0 aromatic heterocycles. The van der Waals surface area contributed by atoms with Crippen molar-refractivity contribution in [3.05, 3.63) is 0 Å². The predicted octanol–water partition coefficient (Wildman–Crippen LogP) is 3.36. The monoisotopic (exact) mass is 215 g/mol. The Morgan fingerprint density at radius 3 is 2.47 bits per heavy atom. The molecule has 1 N–H and O–H groups in total. The second-order valence-electron chi connectivity index (χ2n) is 4.28. The van der Waals surface area contributed by atoms with Crippen LogP contribution in [0.1, 0.15) is 59.3 Å². The minimum absolute atomic E-state index is 0.428. The highest BCUT2D eigenvalue weighted by atomic mass is 16.5. The van der Waals surface area contributed by atoms with Crippen molar-refractivity contribution in [2.24, 2.45) is 0 Å². The van der Waals surface area contributed by atoms with E-state index >= 15 is 0 Å². The lowest BCUT2D eigenvalue weighted by Crippen LogP contribution is -2.23. The van der Waals surface area contributed by atoms with E-state index in [0.29, 0.717) is 6.10 Å². The van der Waals surface area contributed by atoms with Crippen molar-refractivity contribution in [2.45, 2.75) is 65.4 Å². The fourth-order valence-electron chi connectivity index (χ4n) is 1.62. The maximum absolute atomic E-state index is 5.65. The fourth-order valence-corrected chi connectivity index (χ4v) is 1.62. The van der Waals surface area contributed by atoms with Crippen molar-refractivity contribution in [2.75, 3.05) is 19.7 Å². The van der Waals surface area contributed by atoms with Gasteiger partial charge in [0.2, 0.25) is 0 Å². The first-order valence-electron chi connectivity index (χ1n) is 6.63. The van der Waals surface area contributed by atoms with Crippen molar-refractivity contribution < 1.29 is 4.74 Å². The average molecular weight is 215 g/mol. The van der Waals surface area contributed by atoms with Crippen LogP contribution >= 0.6 is 0 Å². The van der Waals surface area contributed by atoms with Gasteiger partial charge in [0.1, 0.15) is 0 Å². The molecular formula is C13H29NO. The Balaban J connectivity index is 2.98. The third-order valence-corrected chi connectivity index (χ3v) is 2.58. The molecule has 92 valence electrons. The second kappa shape index (κ2) is 12.0. The minimum Gasteiger partial charge on any atom is -0.377 e. The predicted molar refractivity (Wildman–Crippen MR) is 67.3 cm³/mol. The maximum Gasteiger partial charge on any atom is 0.0594 e. The van der Waals surface area contributed by atoms with Gasteiger partial charge in [-0.05, 0) is 26.3 Å². The van der Waals surface area contributed by atoms with Gasteiger partial charge < -0.3 is 10.1 Å². The van der Waals surface area contributed by atoms with E-state index in [9.17, 15) is 0 Å². The highest BCUT2D eigenvalue weighted by Gasteiger charge is 1.98. The summed E-state index contributed by atoms with van der Waals surface area (Å²) in [5.41, 5.74) is 0. The molecule has 0 amide bonds. The topological polar surface area (TPSA) is 21.3 Å². The maximum atomic E-state index is 5.65. The average Bonchev–Trinajstić information content (AvgIpc) is 2.22. The van der Waals surface area contributed by atoms with Crippen LogP contribution in [0.15, 0.2) is 0 Å². The van der Waals surface area contributed by atoms with E-state index in [4.69, 9.17) is 4.74 Å². The smallest absolute Gasteiger partial charge is 0.0594 e. The lowest BCUT2D eigenvalue weighted by molar-refractivity contribution is 0.0618. The summed E-state index contributed by atoms with van der Waals surface area (Å²) >= 11 is 0. The van der Waals surface area contributed by atoms with Crippen LogP contribution in [0.5, 0.6) is 0 Å². The van der Waals surface area contributed by atoms with Crippen molar-refractivity contribution in [1.29, 1.82) is 0 Å². The summed E-state index contributed by atoms with van der Waals surface area (Å²) in [4.78, 5) is 0. The molecule has 0 aromatic carbocycles. The zero-order chi connectivity index (χ0) is 11.4. The van der Waals surface area contributed by atoms with Gasteiger partial charge in [-0.3, -0.25) is 0 Å². The Hall–Kier alpha value is -0.0800. The molecule has 0 aliphatic heterocycles. The number of hydrogen-bond acceptors (Lipinski definition) is 2. The van der Waals surface area contributed by atoms with Crippen LogP contribution in [0.2, 0.25) is 0 Å². The molecule has 15 heavy (non-hydrogen) atoms. The molecule has 2 nitrogen and oxygen atoms in total. The van der Waals surface area contributed by atoms with Crippen molar-refractivity contribution >= 4 is 0 Å². The fraction of sp³-hybridized carbons (Fsp3) is 1.00. The number of unbranched alkanes of at least 4 members (excludes halogenated alkanes) is 3. The summed E-state index contributed by atoms with van der Waals surface area (Å²) in [5, 5.41) is 3.42. The summed E-state index contributed by atoms with van der Waals surface area (Å²) in [6.45, 7) is 9.60. The van der Waals surface area contributed by atoms with E-state index in [1.165, 1.54) is 38.5 Å². The first-order chi connectivity index (χ1) is 7.31. The van der Waals surface area contributed by atoms with Gasteiger partial charge >= 0.3 is 0 Å². The second-order valence-corrected chi connectivity index (χ2v) is 4.28. The Kier molecular flexibility index (Phi) is 11.9. The molecule has 0 rings (SSSR count). The van der Waals surface area contributed by atoms with Gasteiger partial charge in [0.15, 0.2) is 0 Å².